The van der Waals surface area contributed by atoms with Crippen molar-refractivity contribution in [1.29, 1.82) is 0 Å². The van der Waals surface area contributed by atoms with Gasteiger partial charge in [-0.1, -0.05) is 30.3 Å². The Labute approximate surface area is 121 Å². The molecule has 116 valence electrons. The molecule has 2 aliphatic heterocycles. The standard InChI is InChI=1S/C14H18O7/c1-18-13-10(15)11(16)14(17)9(20-13)7-19-12(21-14)8-5-3-2-4-6-8/h2-6,9-13,15-17H,7H2,1H3/t9-,10-,11-,12-,13-,14-/m0/s1. The molecular weight excluding hydrogens is 280 g/mol. The molecule has 3 rings (SSSR count). The van der Waals surface area contributed by atoms with Crippen molar-refractivity contribution in [3.63, 3.8) is 0 Å². The van der Waals surface area contributed by atoms with E-state index in [1.165, 1.54) is 7.11 Å². The minimum Gasteiger partial charge on any atom is -0.385 e. The van der Waals surface area contributed by atoms with Gasteiger partial charge in [0.2, 0.25) is 5.79 Å². The second-order valence-electron chi connectivity index (χ2n) is 5.11. The Bertz CT molecular complexity index is 477. The quantitative estimate of drug-likeness (QED) is 0.678. The van der Waals surface area contributed by atoms with Crippen LogP contribution in [0.15, 0.2) is 30.3 Å². The number of rotatable bonds is 2. The molecule has 2 saturated heterocycles. The summed E-state index contributed by atoms with van der Waals surface area (Å²) >= 11 is 0. The second kappa shape index (κ2) is 5.62. The lowest BCUT2D eigenvalue weighted by molar-refractivity contribution is -0.452. The third-order valence-electron chi connectivity index (χ3n) is 3.78. The molecule has 0 unspecified atom stereocenters. The van der Waals surface area contributed by atoms with E-state index in [1.807, 2.05) is 18.2 Å². The molecule has 0 aliphatic carbocycles. The van der Waals surface area contributed by atoms with Gasteiger partial charge in [0.1, 0.15) is 18.3 Å². The second-order valence-corrected chi connectivity index (χ2v) is 5.11. The first-order chi connectivity index (χ1) is 10.1. The number of aliphatic hydroxyl groups excluding tert-OH is 2. The summed E-state index contributed by atoms with van der Waals surface area (Å²) in [6.07, 6.45) is -5.86. The van der Waals surface area contributed by atoms with Crippen LogP contribution in [-0.2, 0) is 18.9 Å². The number of aliphatic hydroxyl groups is 3. The first kappa shape index (κ1) is 14.9. The van der Waals surface area contributed by atoms with Gasteiger partial charge in [0, 0.05) is 12.7 Å². The minimum atomic E-state index is -2.06. The predicted octanol–water partition coefficient (Wildman–Crippen LogP) is -0.486. The fourth-order valence-electron chi connectivity index (χ4n) is 2.58. The van der Waals surface area contributed by atoms with Gasteiger partial charge in [0.25, 0.3) is 0 Å². The normalized spacial score (nSPS) is 43.3. The third-order valence-corrected chi connectivity index (χ3v) is 3.78. The van der Waals surface area contributed by atoms with E-state index < -0.39 is 36.7 Å². The van der Waals surface area contributed by atoms with Crippen LogP contribution in [0.5, 0.6) is 0 Å². The molecule has 2 aliphatic rings. The highest BCUT2D eigenvalue weighted by Gasteiger charge is 2.59. The number of hydrogen-bond donors (Lipinski definition) is 3. The first-order valence-electron chi connectivity index (χ1n) is 6.67. The highest BCUT2D eigenvalue weighted by molar-refractivity contribution is 5.17. The van der Waals surface area contributed by atoms with Gasteiger partial charge in [-0.3, -0.25) is 0 Å². The van der Waals surface area contributed by atoms with E-state index in [0.29, 0.717) is 5.56 Å². The van der Waals surface area contributed by atoms with Crippen LogP contribution in [-0.4, -0.2) is 59.4 Å². The summed E-state index contributed by atoms with van der Waals surface area (Å²) < 4.78 is 21.3. The third kappa shape index (κ3) is 2.47. The Kier molecular flexibility index (Phi) is 3.98. The molecular formula is C14H18O7. The van der Waals surface area contributed by atoms with Crippen LogP contribution in [0, 0.1) is 0 Å². The largest absolute Gasteiger partial charge is 0.385 e. The van der Waals surface area contributed by atoms with E-state index in [2.05, 4.69) is 0 Å². The molecule has 0 aromatic heterocycles. The van der Waals surface area contributed by atoms with E-state index >= 15 is 0 Å². The Morgan fingerprint density at radius 2 is 1.95 bits per heavy atom. The Hall–Kier alpha value is -1.06. The molecule has 2 fully saturated rings. The summed E-state index contributed by atoms with van der Waals surface area (Å²) in [7, 11) is 1.34. The fraction of sp³-hybridized carbons (Fsp3) is 0.571. The lowest BCUT2D eigenvalue weighted by atomic mass is 9.94. The van der Waals surface area contributed by atoms with Gasteiger partial charge in [-0.25, -0.2) is 0 Å². The molecule has 0 bridgehead atoms. The van der Waals surface area contributed by atoms with Crippen molar-refractivity contribution in [2.45, 2.75) is 36.7 Å². The molecule has 0 radical (unpaired) electrons. The van der Waals surface area contributed by atoms with Crippen molar-refractivity contribution in [1.82, 2.24) is 0 Å². The molecule has 3 N–H and O–H groups in total. The van der Waals surface area contributed by atoms with E-state index in [9.17, 15) is 15.3 Å². The predicted molar refractivity (Wildman–Crippen MR) is 68.9 cm³/mol. The van der Waals surface area contributed by atoms with Gasteiger partial charge in [0.05, 0.1) is 6.61 Å². The molecule has 7 heteroatoms. The summed E-state index contributed by atoms with van der Waals surface area (Å²) in [5, 5.41) is 30.7. The average molecular weight is 298 g/mol. The van der Waals surface area contributed by atoms with E-state index in [0.717, 1.165) is 0 Å². The maximum absolute atomic E-state index is 10.6. The fourth-order valence-corrected chi connectivity index (χ4v) is 2.58. The van der Waals surface area contributed by atoms with Crippen LogP contribution in [0.4, 0.5) is 0 Å². The summed E-state index contributed by atoms with van der Waals surface area (Å²) in [6, 6.07) is 9.01. The summed E-state index contributed by atoms with van der Waals surface area (Å²) in [6.45, 7) is -0.000297. The van der Waals surface area contributed by atoms with Gasteiger partial charge < -0.3 is 34.3 Å². The smallest absolute Gasteiger partial charge is 0.227 e. The lowest BCUT2D eigenvalue weighted by Gasteiger charge is -2.50. The monoisotopic (exact) mass is 298 g/mol. The number of methoxy groups -OCH3 is 1. The van der Waals surface area contributed by atoms with Gasteiger partial charge in [-0.15, -0.1) is 0 Å². The van der Waals surface area contributed by atoms with Crippen LogP contribution in [0.1, 0.15) is 11.9 Å². The van der Waals surface area contributed by atoms with Crippen molar-refractivity contribution < 1.29 is 34.3 Å². The van der Waals surface area contributed by atoms with Crippen LogP contribution in [0.25, 0.3) is 0 Å². The summed E-state index contributed by atoms with van der Waals surface area (Å²) in [5.41, 5.74) is 0.694. The van der Waals surface area contributed by atoms with Gasteiger partial charge in [0.15, 0.2) is 12.6 Å². The lowest BCUT2D eigenvalue weighted by Crippen LogP contribution is -2.70. The maximum atomic E-state index is 10.6. The van der Waals surface area contributed by atoms with Crippen molar-refractivity contribution in [3.8, 4) is 0 Å². The first-order valence-corrected chi connectivity index (χ1v) is 6.67. The summed E-state index contributed by atoms with van der Waals surface area (Å²) in [4.78, 5) is 0. The van der Waals surface area contributed by atoms with Gasteiger partial charge in [-0.05, 0) is 0 Å². The van der Waals surface area contributed by atoms with E-state index in [4.69, 9.17) is 18.9 Å². The molecule has 0 saturated carbocycles. The van der Waals surface area contributed by atoms with Crippen LogP contribution >= 0.6 is 0 Å². The zero-order valence-electron chi connectivity index (χ0n) is 11.5. The Balaban J connectivity index is 1.83. The van der Waals surface area contributed by atoms with E-state index in [1.54, 1.807) is 12.1 Å². The molecule has 1 aromatic carbocycles. The zero-order valence-corrected chi connectivity index (χ0v) is 11.5. The van der Waals surface area contributed by atoms with Crippen molar-refractivity contribution in [3.05, 3.63) is 35.9 Å². The number of hydrogen-bond acceptors (Lipinski definition) is 7. The highest BCUT2D eigenvalue weighted by Crippen LogP contribution is 2.39. The number of ether oxygens (including phenoxy) is 4. The summed E-state index contributed by atoms with van der Waals surface area (Å²) in [5.74, 6) is -2.06. The highest BCUT2D eigenvalue weighted by atomic mass is 16.8. The van der Waals surface area contributed by atoms with Crippen molar-refractivity contribution in [2.24, 2.45) is 0 Å². The van der Waals surface area contributed by atoms with Gasteiger partial charge in [-0.2, -0.15) is 0 Å². The molecule has 1 aromatic rings. The van der Waals surface area contributed by atoms with Gasteiger partial charge >= 0.3 is 0 Å². The molecule has 21 heavy (non-hydrogen) atoms. The Morgan fingerprint density at radius 1 is 1.24 bits per heavy atom. The van der Waals surface area contributed by atoms with Crippen molar-refractivity contribution >= 4 is 0 Å². The van der Waals surface area contributed by atoms with Crippen LogP contribution < -0.4 is 0 Å². The molecule has 0 amide bonds. The molecule has 7 nitrogen and oxygen atoms in total. The Morgan fingerprint density at radius 3 is 2.62 bits per heavy atom. The van der Waals surface area contributed by atoms with E-state index in [-0.39, 0.29) is 6.61 Å². The minimum absolute atomic E-state index is 0.000297. The van der Waals surface area contributed by atoms with Crippen LogP contribution in [0.2, 0.25) is 0 Å². The molecule has 0 spiro atoms. The SMILES string of the molecule is CO[C@H]1O[C@H]2CO[C@H](c3ccccc3)O[C@]2(O)[C@@H](O)[C@@H]1O. The molecule has 6 atom stereocenters. The average Bonchev–Trinajstić information content (AvgIpc) is 2.52. The number of benzene rings is 1. The van der Waals surface area contributed by atoms with Crippen LogP contribution in [0.3, 0.4) is 0 Å². The molecule has 2 heterocycles. The number of fused-ring (bicyclic) bond motifs is 1. The van der Waals surface area contributed by atoms with Crippen molar-refractivity contribution in [2.75, 3.05) is 13.7 Å². The zero-order chi connectivity index (χ0) is 15.0. The maximum Gasteiger partial charge on any atom is 0.227 e. The topological polar surface area (TPSA) is 97.6 Å².